The number of carboxylic acid groups (broad SMARTS) is 1. The van der Waals surface area contributed by atoms with Crippen LogP contribution >= 0.6 is 11.3 Å². The van der Waals surface area contributed by atoms with Gasteiger partial charge in [-0.1, -0.05) is 12.1 Å². The van der Waals surface area contributed by atoms with Crippen molar-refractivity contribution in [3.63, 3.8) is 0 Å². The van der Waals surface area contributed by atoms with Gasteiger partial charge in [0.2, 0.25) is 5.13 Å². The smallest absolute Gasteiger partial charge is 0.355 e. The van der Waals surface area contributed by atoms with E-state index in [0.717, 1.165) is 29.8 Å². The second-order valence-corrected chi connectivity index (χ2v) is 6.46. The van der Waals surface area contributed by atoms with Gasteiger partial charge in [0, 0.05) is 23.9 Å². The summed E-state index contributed by atoms with van der Waals surface area (Å²) in [6, 6.07) is 8.03. The third kappa shape index (κ3) is 2.46. The van der Waals surface area contributed by atoms with Crippen LogP contribution in [-0.4, -0.2) is 38.9 Å². The molecular weight excluding hydrogens is 312 g/mol. The molecule has 7 heteroatoms. The number of rotatable bonds is 3. The molecule has 118 valence electrons. The Morgan fingerprint density at radius 1 is 1.17 bits per heavy atom. The van der Waals surface area contributed by atoms with Crippen LogP contribution in [0.2, 0.25) is 0 Å². The van der Waals surface area contributed by atoms with Gasteiger partial charge in [-0.05, 0) is 31.4 Å². The number of aromatic nitrogens is 3. The number of thiazole rings is 1. The molecule has 0 atom stereocenters. The maximum absolute atomic E-state index is 11.1. The van der Waals surface area contributed by atoms with Crippen molar-refractivity contribution in [3.8, 4) is 5.13 Å². The fraction of sp³-hybridized carbons (Fsp3) is 0.312. The molecule has 1 N–H and O–H groups in total. The number of anilines is 1. The van der Waals surface area contributed by atoms with Crippen LogP contribution in [0.1, 0.15) is 29.8 Å². The van der Waals surface area contributed by atoms with Crippen LogP contribution in [0, 0.1) is 0 Å². The van der Waals surface area contributed by atoms with Gasteiger partial charge >= 0.3 is 5.97 Å². The number of carboxylic acids is 1. The molecule has 0 saturated carbocycles. The lowest BCUT2D eigenvalue weighted by Gasteiger charge is -2.26. The zero-order chi connectivity index (χ0) is 15.8. The highest BCUT2D eigenvalue weighted by molar-refractivity contribution is 7.12. The predicted octanol–water partition coefficient (Wildman–Crippen LogP) is 3.17. The standard InChI is InChI=1S/C16H16N4O2S/c21-15(22)12-10-23-16(17-12)20-13-7-3-2-6-11(13)14(18-20)19-8-4-1-5-9-19/h2-3,6-7,10H,1,4-5,8-9H2,(H,21,22). The van der Waals surface area contributed by atoms with Crippen LogP contribution in [0.5, 0.6) is 0 Å². The first-order chi connectivity index (χ1) is 11.2. The van der Waals surface area contributed by atoms with Gasteiger partial charge in [-0.2, -0.15) is 0 Å². The highest BCUT2D eigenvalue weighted by Crippen LogP contribution is 2.30. The van der Waals surface area contributed by atoms with Crippen molar-refractivity contribution in [1.82, 2.24) is 14.8 Å². The average molecular weight is 328 g/mol. The van der Waals surface area contributed by atoms with Gasteiger partial charge in [-0.3, -0.25) is 0 Å². The minimum Gasteiger partial charge on any atom is -0.476 e. The normalized spacial score (nSPS) is 15.2. The van der Waals surface area contributed by atoms with Gasteiger partial charge in [-0.15, -0.1) is 16.4 Å². The second-order valence-electron chi connectivity index (χ2n) is 5.62. The molecule has 4 rings (SSSR count). The molecule has 0 radical (unpaired) electrons. The van der Waals surface area contributed by atoms with E-state index in [4.69, 9.17) is 10.2 Å². The van der Waals surface area contributed by atoms with Crippen LogP contribution in [0.15, 0.2) is 29.6 Å². The van der Waals surface area contributed by atoms with E-state index in [1.54, 1.807) is 10.1 Å². The number of hydrogen-bond donors (Lipinski definition) is 1. The lowest BCUT2D eigenvalue weighted by atomic mass is 10.1. The number of fused-ring (bicyclic) bond motifs is 1. The van der Waals surface area contributed by atoms with Crippen molar-refractivity contribution in [3.05, 3.63) is 35.3 Å². The maximum atomic E-state index is 11.1. The van der Waals surface area contributed by atoms with Crippen LogP contribution in [0.3, 0.4) is 0 Å². The summed E-state index contributed by atoms with van der Waals surface area (Å²) in [4.78, 5) is 17.6. The van der Waals surface area contributed by atoms with Crippen molar-refractivity contribution in [1.29, 1.82) is 0 Å². The number of piperidine rings is 1. The Morgan fingerprint density at radius 3 is 2.70 bits per heavy atom. The lowest BCUT2D eigenvalue weighted by Crippen LogP contribution is -2.29. The van der Waals surface area contributed by atoms with E-state index in [1.807, 2.05) is 18.2 Å². The Bertz CT molecular complexity index is 864. The van der Waals surface area contributed by atoms with E-state index >= 15 is 0 Å². The molecule has 0 unspecified atom stereocenters. The van der Waals surface area contributed by atoms with Crippen molar-refractivity contribution in [2.75, 3.05) is 18.0 Å². The second kappa shape index (κ2) is 5.66. The summed E-state index contributed by atoms with van der Waals surface area (Å²) in [5.41, 5.74) is 1.02. The number of benzene rings is 1. The molecule has 1 fully saturated rings. The highest BCUT2D eigenvalue weighted by Gasteiger charge is 2.20. The van der Waals surface area contributed by atoms with Crippen LogP contribution in [-0.2, 0) is 0 Å². The van der Waals surface area contributed by atoms with Crippen LogP contribution < -0.4 is 4.90 Å². The summed E-state index contributed by atoms with van der Waals surface area (Å²) in [6.45, 7) is 2.03. The fourth-order valence-corrected chi connectivity index (χ4v) is 3.76. The number of para-hydroxylation sites is 1. The van der Waals surface area contributed by atoms with E-state index < -0.39 is 5.97 Å². The Kier molecular flexibility index (Phi) is 3.49. The molecule has 1 aliphatic rings. The first-order valence-electron chi connectivity index (χ1n) is 7.66. The summed E-state index contributed by atoms with van der Waals surface area (Å²) in [7, 11) is 0. The number of aromatic carboxylic acids is 1. The van der Waals surface area contributed by atoms with Gasteiger partial charge in [-0.25, -0.2) is 14.5 Å². The van der Waals surface area contributed by atoms with Gasteiger partial charge in [0.25, 0.3) is 0 Å². The van der Waals surface area contributed by atoms with Gasteiger partial charge in [0.1, 0.15) is 0 Å². The zero-order valence-corrected chi connectivity index (χ0v) is 13.3. The first kappa shape index (κ1) is 14.2. The van der Waals surface area contributed by atoms with E-state index in [1.165, 1.54) is 30.6 Å². The molecule has 0 bridgehead atoms. The van der Waals surface area contributed by atoms with E-state index in [-0.39, 0.29) is 5.69 Å². The monoisotopic (exact) mass is 328 g/mol. The highest BCUT2D eigenvalue weighted by atomic mass is 32.1. The Labute approximate surface area is 137 Å². The molecule has 0 aliphatic carbocycles. The van der Waals surface area contributed by atoms with Gasteiger partial charge < -0.3 is 10.0 Å². The van der Waals surface area contributed by atoms with Gasteiger partial charge in [0.15, 0.2) is 11.5 Å². The van der Waals surface area contributed by atoms with E-state index in [0.29, 0.717) is 5.13 Å². The molecule has 0 amide bonds. The van der Waals surface area contributed by atoms with E-state index in [2.05, 4.69) is 16.0 Å². The molecule has 1 aliphatic heterocycles. The molecule has 1 aromatic carbocycles. The molecule has 2 aromatic heterocycles. The molecular formula is C16H16N4O2S. The van der Waals surface area contributed by atoms with Crippen molar-refractivity contribution in [2.24, 2.45) is 0 Å². The molecule has 0 spiro atoms. The van der Waals surface area contributed by atoms with Crippen LogP contribution in [0.25, 0.3) is 16.0 Å². The topological polar surface area (TPSA) is 71.2 Å². The van der Waals surface area contributed by atoms with Gasteiger partial charge in [0.05, 0.1) is 5.52 Å². The summed E-state index contributed by atoms with van der Waals surface area (Å²) in [5, 5.41) is 17.0. The minimum atomic E-state index is -1.01. The Balaban J connectivity index is 1.84. The summed E-state index contributed by atoms with van der Waals surface area (Å²) < 4.78 is 1.76. The maximum Gasteiger partial charge on any atom is 0.355 e. The number of hydrogen-bond acceptors (Lipinski definition) is 5. The molecule has 6 nitrogen and oxygen atoms in total. The average Bonchev–Trinajstić information content (AvgIpc) is 3.20. The molecule has 1 saturated heterocycles. The van der Waals surface area contributed by atoms with E-state index in [9.17, 15) is 4.79 Å². The van der Waals surface area contributed by atoms with Crippen molar-refractivity contribution in [2.45, 2.75) is 19.3 Å². The fourth-order valence-electron chi connectivity index (χ4n) is 2.99. The third-order valence-corrected chi connectivity index (χ3v) is 4.93. The SMILES string of the molecule is O=C(O)c1csc(-n2nc(N3CCCCC3)c3ccccc32)n1. The molecule has 3 aromatic rings. The number of carbonyl (C=O) groups is 1. The quantitative estimate of drug-likeness (QED) is 0.799. The summed E-state index contributed by atoms with van der Waals surface area (Å²) in [5.74, 6) is -0.0485. The molecule has 23 heavy (non-hydrogen) atoms. The molecule has 3 heterocycles. The number of nitrogens with zero attached hydrogens (tertiary/aromatic N) is 4. The Hall–Kier alpha value is -2.41. The summed E-state index contributed by atoms with van der Waals surface area (Å²) in [6.07, 6.45) is 3.63. The first-order valence-corrected chi connectivity index (χ1v) is 8.54. The third-order valence-electron chi connectivity index (χ3n) is 4.12. The zero-order valence-electron chi connectivity index (χ0n) is 12.5. The largest absolute Gasteiger partial charge is 0.476 e. The lowest BCUT2D eigenvalue weighted by molar-refractivity contribution is 0.0691. The van der Waals surface area contributed by atoms with Crippen LogP contribution in [0.4, 0.5) is 5.82 Å². The van der Waals surface area contributed by atoms with Crippen molar-refractivity contribution >= 4 is 34.0 Å². The summed E-state index contributed by atoms with van der Waals surface area (Å²) >= 11 is 1.30. The predicted molar refractivity (Wildman–Crippen MR) is 89.8 cm³/mol. The minimum absolute atomic E-state index is 0.0594. The van der Waals surface area contributed by atoms with Crippen molar-refractivity contribution < 1.29 is 9.90 Å². The Morgan fingerprint density at radius 2 is 1.96 bits per heavy atom.